The lowest BCUT2D eigenvalue weighted by Gasteiger charge is -2.29. The molecule has 0 aromatic heterocycles. The molecule has 0 bridgehead atoms. The van der Waals surface area contributed by atoms with Crippen molar-refractivity contribution in [1.29, 1.82) is 0 Å². The van der Waals surface area contributed by atoms with Crippen LogP contribution in [0.3, 0.4) is 0 Å². The van der Waals surface area contributed by atoms with E-state index in [0.29, 0.717) is 0 Å². The number of carbonyl (C=O) groups is 2. The summed E-state index contributed by atoms with van der Waals surface area (Å²) in [5, 5.41) is 12.0. The summed E-state index contributed by atoms with van der Waals surface area (Å²) in [5.74, 6) is -0.859. The topological polar surface area (TPSA) is 66.4 Å². The lowest BCUT2D eigenvalue weighted by atomic mass is 9.92. The van der Waals surface area contributed by atoms with E-state index in [2.05, 4.69) is 5.32 Å². The quantitative estimate of drug-likeness (QED) is 0.806. The summed E-state index contributed by atoms with van der Waals surface area (Å²) in [4.78, 5) is 23.2. The van der Waals surface area contributed by atoms with Gasteiger partial charge in [0, 0.05) is 5.57 Å². The Morgan fingerprint density at radius 3 is 2.39 bits per heavy atom. The highest BCUT2D eigenvalue weighted by Crippen LogP contribution is 2.34. The average Bonchev–Trinajstić information content (AvgIpc) is 2.86. The van der Waals surface area contributed by atoms with E-state index in [-0.39, 0.29) is 12.3 Å². The summed E-state index contributed by atoms with van der Waals surface area (Å²) < 4.78 is 0. The molecule has 0 saturated heterocycles. The number of aliphatic carboxylic acids is 1. The Balaban J connectivity index is 2.07. The summed E-state index contributed by atoms with van der Waals surface area (Å²) in [6.07, 6.45) is 6.51. The number of carbonyl (C=O) groups excluding carboxylic acids is 1. The zero-order valence-corrected chi connectivity index (χ0v) is 10.9. The highest BCUT2D eigenvalue weighted by molar-refractivity contribution is 5.95. The summed E-state index contributed by atoms with van der Waals surface area (Å²) in [6, 6.07) is 0. The molecular formula is C14H21NO3. The number of carboxylic acid groups (broad SMARTS) is 1. The molecule has 0 aromatic rings. The molecule has 4 nitrogen and oxygen atoms in total. The Morgan fingerprint density at radius 2 is 1.89 bits per heavy atom. The third-order valence-electron chi connectivity index (χ3n) is 4.20. The average molecular weight is 251 g/mol. The molecule has 1 amide bonds. The van der Waals surface area contributed by atoms with Gasteiger partial charge in [0.05, 0.1) is 12.0 Å². The summed E-state index contributed by atoms with van der Waals surface area (Å²) in [5.41, 5.74) is 1.54. The fourth-order valence-corrected chi connectivity index (χ4v) is 3.21. The van der Waals surface area contributed by atoms with Gasteiger partial charge >= 0.3 is 5.97 Å². The zero-order chi connectivity index (χ0) is 13.2. The monoisotopic (exact) mass is 251 g/mol. The van der Waals surface area contributed by atoms with Crippen molar-refractivity contribution in [2.75, 3.05) is 0 Å². The molecule has 0 spiro atoms. The molecule has 0 radical (unpaired) electrons. The van der Waals surface area contributed by atoms with Gasteiger partial charge in [-0.05, 0) is 39.0 Å². The van der Waals surface area contributed by atoms with Crippen molar-refractivity contribution >= 4 is 11.9 Å². The van der Waals surface area contributed by atoms with E-state index in [4.69, 9.17) is 5.11 Å². The molecule has 0 heterocycles. The van der Waals surface area contributed by atoms with Crippen molar-refractivity contribution < 1.29 is 14.7 Å². The number of carboxylic acids is 1. The molecule has 2 aliphatic carbocycles. The van der Waals surface area contributed by atoms with Crippen molar-refractivity contribution in [3.8, 4) is 0 Å². The molecule has 18 heavy (non-hydrogen) atoms. The van der Waals surface area contributed by atoms with Crippen molar-refractivity contribution in [3.05, 3.63) is 11.1 Å². The maximum Gasteiger partial charge on any atom is 0.305 e. The van der Waals surface area contributed by atoms with Gasteiger partial charge in [0.25, 0.3) is 0 Å². The second-order valence-electron chi connectivity index (χ2n) is 5.62. The minimum atomic E-state index is -0.825. The van der Waals surface area contributed by atoms with Gasteiger partial charge in [0.2, 0.25) is 5.91 Å². The summed E-state index contributed by atoms with van der Waals surface area (Å²) in [6.45, 7) is 2.00. The van der Waals surface area contributed by atoms with Gasteiger partial charge in [-0.25, -0.2) is 0 Å². The van der Waals surface area contributed by atoms with Gasteiger partial charge < -0.3 is 10.4 Å². The molecule has 4 heteroatoms. The molecule has 100 valence electrons. The minimum absolute atomic E-state index is 0.0341. The maximum atomic E-state index is 12.2. The number of allylic oxidation sites excluding steroid dienone is 1. The van der Waals surface area contributed by atoms with Gasteiger partial charge in [-0.15, -0.1) is 0 Å². The highest BCUT2D eigenvalue weighted by Gasteiger charge is 2.38. The Labute approximate surface area is 107 Å². The molecule has 2 rings (SSSR count). The second kappa shape index (κ2) is 5.12. The van der Waals surface area contributed by atoms with Gasteiger partial charge in [-0.3, -0.25) is 9.59 Å². The van der Waals surface area contributed by atoms with Gasteiger partial charge in [0.1, 0.15) is 0 Å². The minimum Gasteiger partial charge on any atom is -0.481 e. The van der Waals surface area contributed by atoms with E-state index in [1.165, 1.54) is 0 Å². The van der Waals surface area contributed by atoms with Crippen LogP contribution >= 0.6 is 0 Å². The van der Waals surface area contributed by atoms with Gasteiger partial charge in [-0.2, -0.15) is 0 Å². The van der Waals surface area contributed by atoms with Crippen LogP contribution in [0.2, 0.25) is 0 Å². The lowest BCUT2D eigenvalue weighted by Crippen LogP contribution is -2.48. The van der Waals surface area contributed by atoms with Crippen LogP contribution in [0.25, 0.3) is 0 Å². The number of hydrogen-bond donors (Lipinski definition) is 2. The van der Waals surface area contributed by atoms with E-state index in [0.717, 1.165) is 56.1 Å². The molecule has 1 fully saturated rings. The highest BCUT2D eigenvalue weighted by atomic mass is 16.4. The number of rotatable bonds is 4. The van der Waals surface area contributed by atoms with Crippen LogP contribution in [0.4, 0.5) is 0 Å². The fourth-order valence-electron chi connectivity index (χ4n) is 3.21. The van der Waals surface area contributed by atoms with Crippen LogP contribution < -0.4 is 5.32 Å². The molecule has 2 aliphatic rings. The van der Waals surface area contributed by atoms with Gasteiger partial charge in [-0.1, -0.05) is 18.4 Å². The standard InChI is InChI=1S/C14H21NO3/c1-10-5-4-6-11(10)13(18)15-14(9-12(16)17)7-2-3-8-14/h2-9H2,1H3,(H,15,18)(H,16,17). The number of nitrogens with one attached hydrogen (secondary N) is 1. The Morgan fingerprint density at radius 1 is 1.22 bits per heavy atom. The van der Waals surface area contributed by atoms with E-state index in [1.807, 2.05) is 6.92 Å². The van der Waals surface area contributed by atoms with Crippen LogP contribution in [-0.4, -0.2) is 22.5 Å². The second-order valence-corrected chi connectivity index (χ2v) is 5.62. The summed E-state index contributed by atoms with van der Waals surface area (Å²) in [7, 11) is 0. The third-order valence-corrected chi connectivity index (χ3v) is 4.20. The zero-order valence-electron chi connectivity index (χ0n) is 10.9. The first kappa shape index (κ1) is 13.1. The number of hydrogen-bond acceptors (Lipinski definition) is 2. The lowest BCUT2D eigenvalue weighted by molar-refractivity contribution is -0.139. The van der Waals surface area contributed by atoms with E-state index in [1.54, 1.807) is 0 Å². The van der Waals surface area contributed by atoms with Gasteiger partial charge in [0.15, 0.2) is 0 Å². The van der Waals surface area contributed by atoms with Crippen molar-refractivity contribution in [1.82, 2.24) is 5.32 Å². The van der Waals surface area contributed by atoms with E-state index >= 15 is 0 Å². The molecule has 0 aliphatic heterocycles. The first-order chi connectivity index (χ1) is 8.52. The van der Waals surface area contributed by atoms with Crippen LogP contribution in [0, 0.1) is 0 Å². The molecule has 0 aromatic carbocycles. The fraction of sp³-hybridized carbons (Fsp3) is 0.714. The first-order valence-corrected chi connectivity index (χ1v) is 6.75. The first-order valence-electron chi connectivity index (χ1n) is 6.75. The van der Waals surface area contributed by atoms with Crippen LogP contribution in [0.1, 0.15) is 58.3 Å². The SMILES string of the molecule is CC1=C(C(=O)NC2(CC(=O)O)CCCC2)CCC1. The van der Waals surface area contributed by atoms with Crippen molar-refractivity contribution in [2.45, 2.75) is 63.8 Å². The van der Waals surface area contributed by atoms with Crippen LogP contribution in [0.5, 0.6) is 0 Å². The molecule has 2 N–H and O–H groups in total. The normalized spacial score (nSPS) is 22.3. The van der Waals surface area contributed by atoms with Crippen LogP contribution in [-0.2, 0) is 9.59 Å². The Hall–Kier alpha value is -1.32. The Bertz CT molecular complexity index is 392. The van der Waals surface area contributed by atoms with E-state index < -0.39 is 11.5 Å². The molecule has 0 unspecified atom stereocenters. The molecule has 0 atom stereocenters. The van der Waals surface area contributed by atoms with Crippen LogP contribution in [0.15, 0.2) is 11.1 Å². The third kappa shape index (κ3) is 2.74. The summed E-state index contributed by atoms with van der Waals surface area (Å²) >= 11 is 0. The predicted octanol–water partition coefficient (Wildman–Crippen LogP) is 2.39. The van der Waals surface area contributed by atoms with Crippen molar-refractivity contribution in [2.24, 2.45) is 0 Å². The van der Waals surface area contributed by atoms with E-state index in [9.17, 15) is 9.59 Å². The number of amides is 1. The predicted molar refractivity (Wildman–Crippen MR) is 68.1 cm³/mol. The largest absolute Gasteiger partial charge is 0.481 e. The maximum absolute atomic E-state index is 12.2. The molecular weight excluding hydrogens is 230 g/mol. The van der Waals surface area contributed by atoms with Crippen molar-refractivity contribution in [3.63, 3.8) is 0 Å². The Kier molecular flexibility index (Phi) is 3.73. The molecule has 1 saturated carbocycles. The smallest absolute Gasteiger partial charge is 0.305 e.